The first-order valence-electron chi connectivity index (χ1n) is 7.29. The van der Waals surface area contributed by atoms with Crippen molar-refractivity contribution in [2.45, 2.75) is 32.4 Å². The second-order valence-corrected chi connectivity index (χ2v) is 8.09. The summed E-state index contributed by atoms with van der Waals surface area (Å²) in [6.07, 6.45) is 0.465. The summed E-state index contributed by atoms with van der Waals surface area (Å²) in [5.74, 6) is -0.408. The molecule has 1 aromatic rings. The molecular weight excluding hydrogens is 307 g/mol. The lowest BCUT2D eigenvalue weighted by atomic mass is 10.2. The minimum Gasteiger partial charge on any atom is -0.360 e. The van der Waals surface area contributed by atoms with Crippen molar-refractivity contribution in [2.75, 3.05) is 23.0 Å². The van der Waals surface area contributed by atoms with Gasteiger partial charge in [0.15, 0.2) is 9.84 Å². The van der Waals surface area contributed by atoms with Crippen LogP contribution in [0.5, 0.6) is 0 Å². The first-order valence-corrected chi connectivity index (χ1v) is 9.11. The number of hydrogen-bond acceptors (Lipinski definition) is 4. The highest BCUT2D eigenvalue weighted by Gasteiger charge is 2.29. The zero-order valence-electron chi connectivity index (χ0n) is 12.8. The Kier molecular flexibility index (Phi) is 5.05. The Bertz CT molecular complexity index is 629. The Hall–Kier alpha value is -1.63. The molecule has 5 nitrogen and oxygen atoms in total. The summed E-state index contributed by atoms with van der Waals surface area (Å²) in [5.41, 5.74) is 0.755. The van der Waals surface area contributed by atoms with Crippen molar-refractivity contribution in [1.29, 1.82) is 0 Å². The molecule has 1 aliphatic heterocycles. The first kappa shape index (κ1) is 16.7. The molecular formula is C15H21FN2O3S. The predicted octanol–water partition coefficient (Wildman–Crippen LogP) is 1.34. The lowest BCUT2D eigenvalue weighted by Gasteiger charge is -2.29. The topological polar surface area (TPSA) is 66.5 Å². The standard InChI is InChI=1S/C15H21FN2O3S/c1-11(2)18(14-5-3-12(16)4-6-14)9-15(19)17-13-7-8-22(20,21)10-13/h3-6,11,13H,7-10H2,1-2H3,(H,17,19). The van der Waals surface area contributed by atoms with Crippen molar-refractivity contribution in [3.8, 4) is 0 Å². The fraction of sp³-hybridized carbons (Fsp3) is 0.533. The van der Waals surface area contributed by atoms with Crippen LogP contribution in [-0.4, -0.2) is 44.5 Å². The third kappa shape index (κ3) is 4.43. The van der Waals surface area contributed by atoms with Crippen molar-refractivity contribution >= 4 is 21.4 Å². The van der Waals surface area contributed by atoms with Gasteiger partial charge in [-0.2, -0.15) is 0 Å². The molecule has 1 aliphatic rings. The van der Waals surface area contributed by atoms with E-state index in [9.17, 15) is 17.6 Å². The number of nitrogens with one attached hydrogen (secondary N) is 1. The molecule has 1 unspecified atom stereocenters. The van der Waals surface area contributed by atoms with Gasteiger partial charge < -0.3 is 10.2 Å². The summed E-state index contributed by atoms with van der Waals surface area (Å²) < 4.78 is 35.8. The molecule has 1 amide bonds. The highest BCUT2D eigenvalue weighted by molar-refractivity contribution is 7.91. The second kappa shape index (κ2) is 6.64. The Labute approximate surface area is 130 Å². The van der Waals surface area contributed by atoms with Gasteiger partial charge in [0.2, 0.25) is 5.91 Å². The molecule has 1 atom stereocenters. The molecule has 0 radical (unpaired) electrons. The van der Waals surface area contributed by atoms with Gasteiger partial charge in [0.05, 0.1) is 18.1 Å². The van der Waals surface area contributed by atoms with Crippen LogP contribution in [-0.2, 0) is 14.6 Å². The van der Waals surface area contributed by atoms with Gasteiger partial charge in [-0.15, -0.1) is 0 Å². The molecule has 1 fully saturated rings. The molecule has 122 valence electrons. The van der Waals surface area contributed by atoms with Crippen LogP contribution in [0.25, 0.3) is 0 Å². The molecule has 2 rings (SSSR count). The number of hydrogen-bond donors (Lipinski definition) is 1. The molecule has 7 heteroatoms. The third-order valence-electron chi connectivity index (χ3n) is 3.69. The third-order valence-corrected chi connectivity index (χ3v) is 5.46. The zero-order valence-corrected chi connectivity index (χ0v) is 13.6. The minimum absolute atomic E-state index is 0.0109. The van der Waals surface area contributed by atoms with E-state index in [-0.39, 0.29) is 41.9 Å². The first-order chi connectivity index (χ1) is 10.3. The Morgan fingerprint density at radius 1 is 1.36 bits per heavy atom. The number of nitrogens with zero attached hydrogens (tertiary/aromatic N) is 1. The maximum atomic E-state index is 13.0. The van der Waals surface area contributed by atoms with Crippen LogP contribution in [0.3, 0.4) is 0 Å². The van der Waals surface area contributed by atoms with Gasteiger partial charge in [-0.3, -0.25) is 4.79 Å². The highest BCUT2D eigenvalue weighted by Crippen LogP contribution is 2.17. The van der Waals surface area contributed by atoms with E-state index >= 15 is 0 Å². The van der Waals surface area contributed by atoms with Crippen LogP contribution in [0.2, 0.25) is 0 Å². The average molecular weight is 328 g/mol. The van der Waals surface area contributed by atoms with Crippen molar-refractivity contribution in [1.82, 2.24) is 5.32 Å². The maximum absolute atomic E-state index is 13.0. The molecule has 1 aromatic carbocycles. The summed E-state index contributed by atoms with van der Waals surface area (Å²) >= 11 is 0. The van der Waals surface area contributed by atoms with Gasteiger partial charge in [0.1, 0.15) is 5.82 Å². The summed E-state index contributed by atoms with van der Waals surface area (Å²) in [6, 6.07) is 5.71. The van der Waals surface area contributed by atoms with E-state index in [1.165, 1.54) is 12.1 Å². The van der Waals surface area contributed by atoms with E-state index < -0.39 is 9.84 Å². The van der Waals surface area contributed by atoms with Crippen molar-refractivity contribution < 1.29 is 17.6 Å². The number of carbonyl (C=O) groups excluding carboxylic acids is 1. The molecule has 0 bridgehead atoms. The number of anilines is 1. The summed E-state index contributed by atoms with van der Waals surface area (Å²) in [7, 11) is -3.01. The number of rotatable bonds is 5. The number of sulfone groups is 1. The Balaban J connectivity index is 1.99. The molecule has 0 saturated carbocycles. The van der Waals surface area contributed by atoms with E-state index in [2.05, 4.69) is 5.32 Å². The van der Waals surface area contributed by atoms with Crippen LogP contribution in [0.1, 0.15) is 20.3 Å². The second-order valence-electron chi connectivity index (χ2n) is 5.87. The number of carbonyl (C=O) groups is 1. The van der Waals surface area contributed by atoms with Crippen LogP contribution in [0, 0.1) is 5.82 Å². The van der Waals surface area contributed by atoms with Gasteiger partial charge in [0, 0.05) is 17.8 Å². The average Bonchev–Trinajstić information content (AvgIpc) is 2.76. The number of amides is 1. The summed E-state index contributed by atoms with van der Waals surface area (Å²) in [6.45, 7) is 3.99. The molecule has 1 heterocycles. The molecule has 22 heavy (non-hydrogen) atoms. The van der Waals surface area contributed by atoms with Crippen LogP contribution >= 0.6 is 0 Å². The van der Waals surface area contributed by atoms with Crippen LogP contribution in [0.15, 0.2) is 24.3 Å². The van der Waals surface area contributed by atoms with E-state index in [1.54, 1.807) is 12.1 Å². The van der Waals surface area contributed by atoms with Crippen molar-refractivity contribution in [3.05, 3.63) is 30.1 Å². The lowest BCUT2D eigenvalue weighted by Crippen LogP contribution is -2.44. The van der Waals surface area contributed by atoms with E-state index in [0.29, 0.717) is 6.42 Å². The van der Waals surface area contributed by atoms with Gasteiger partial charge in [-0.1, -0.05) is 0 Å². The predicted molar refractivity (Wildman–Crippen MR) is 84.1 cm³/mol. The van der Waals surface area contributed by atoms with Crippen molar-refractivity contribution in [3.63, 3.8) is 0 Å². The van der Waals surface area contributed by atoms with Gasteiger partial charge in [0.25, 0.3) is 0 Å². The quantitative estimate of drug-likeness (QED) is 0.886. The zero-order chi connectivity index (χ0) is 16.3. The van der Waals surface area contributed by atoms with E-state index in [0.717, 1.165) is 5.69 Å². The fourth-order valence-corrected chi connectivity index (χ4v) is 4.21. The van der Waals surface area contributed by atoms with Gasteiger partial charge in [-0.25, -0.2) is 12.8 Å². The van der Waals surface area contributed by atoms with E-state index in [1.807, 2.05) is 18.7 Å². The molecule has 0 spiro atoms. The smallest absolute Gasteiger partial charge is 0.239 e. The summed E-state index contributed by atoms with van der Waals surface area (Å²) in [4.78, 5) is 14.0. The molecule has 0 aliphatic carbocycles. The lowest BCUT2D eigenvalue weighted by molar-refractivity contribution is -0.120. The SMILES string of the molecule is CC(C)N(CC(=O)NC1CCS(=O)(=O)C1)c1ccc(F)cc1. The largest absolute Gasteiger partial charge is 0.360 e. The van der Waals surface area contributed by atoms with Crippen LogP contribution < -0.4 is 10.2 Å². The van der Waals surface area contributed by atoms with Gasteiger partial charge in [-0.05, 0) is 44.5 Å². The fourth-order valence-electron chi connectivity index (χ4n) is 2.54. The van der Waals surface area contributed by atoms with Gasteiger partial charge >= 0.3 is 0 Å². The Morgan fingerprint density at radius 2 is 2.00 bits per heavy atom. The monoisotopic (exact) mass is 328 g/mol. The summed E-state index contributed by atoms with van der Waals surface area (Å²) in [5, 5.41) is 2.77. The maximum Gasteiger partial charge on any atom is 0.239 e. The normalized spacial score (nSPS) is 20.1. The van der Waals surface area contributed by atoms with Crippen molar-refractivity contribution in [2.24, 2.45) is 0 Å². The highest BCUT2D eigenvalue weighted by atomic mass is 32.2. The minimum atomic E-state index is -3.01. The van der Waals surface area contributed by atoms with E-state index in [4.69, 9.17) is 0 Å². The van der Waals surface area contributed by atoms with Crippen LogP contribution in [0.4, 0.5) is 10.1 Å². The molecule has 1 N–H and O–H groups in total. The number of halogens is 1. The molecule has 1 saturated heterocycles. The Morgan fingerprint density at radius 3 is 2.50 bits per heavy atom. The number of benzene rings is 1. The molecule has 0 aromatic heterocycles.